The first-order valence-electron chi connectivity index (χ1n) is 6.93. The number of benzene rings is 1. The lowest BCUT2D eigenvalue weighted by Crippen LogP contribution is -2.32. The highest BCUT2D eigenvalue weighted by Crippen LogP contribution is 2.25. The Balaban J connectivity index is 2.26. The number of sulfonamides is 1. The van der Waals surface area contributed by atoms with E-state index in [1.54, 1.807) is 18.2 Å². The van der Waals surface area contributed by atoms with E-state index in [0.717, 1.165) is 5.56 Å². The summed E-state index contributed by atoms with van der Waals surface area (Å²) >= 11 is 0. The van der Waals surface area contributed by atoms with E-state index >= 15 is 0 Å². The fourth-order valence-electron chi connectivity index (χ4n) is 2.44. The lowest BCUT2D eigenvalue weighted by molar-refractivity contribution is -0.121. The molecule has 1 fully saturated rings. The molecule has 1 aromatic carbocycles. The highest BCUT2D eigenvalue weighted by molar-refractivity contribution is 7.89. The van der Waals surface area contributed by atoms with Gasteiger partial charge in [-0.05, 0) is 38.1 Å². The third-order valence-corrected chi connectivity index (χ3v) is 5.84. The van der Waals surface area contributed by atoms with Gasteiger partial charge in [-0.15, -0.1) is 0 Å². The predicted octanol–water partition coefficient (Wildman–Crippen LogP) is 0.463. The van der Waals surface area contributed by atoms with Gasteiger partial charge in [0, 0.05) is 19.1 Å². The Morgan fingerprint density at radius 1 is 1.48 bits per heavy atom. The molecular formula is C14H21N3O3S. The van der Waals surface area contributed by atoms with Crippen LogP contribution in [0.5, 0.6) is 0 Å². The van der Waals surface area contributed by atoms with Crippen LogP contribution in [0.25, 0.3) is 0 Å². The minimum absolute atomic E-state index is 0.0668. The number of rotatable bonds is 5. The molecule has 0 radical (unpaired) electrons. The zero-order valence-electron chi connectivity index (χ0n) is 12.2. The van der Waals surface area contributed by atoms with Crippen LogP contribution in [-0.2, 0) is 14.8 Å². The second-order valence-corrected chi connectivity index (χ2v) is 7.27. The highest BCUT2D eigenvalue weighted by atomic mass is 32.2. The van der Waals surface area contributed by atoms with Crippen LogP contribution in [0.1, 0.15) is 24.9 Å². The molecule has 1 aliphatic heterocycles. The Hall–Kier alpha value is -1.44. The summed E-state index contributed by atoms with van der Waals surface area (Å²) < 4.78 is 26.6. The molecule has 0 bridgehead atoms. The second kappa shape index (κ2) is 6.13. The van der Waals surface area contributed by atoms with Crippen LogP contribution in [0.4, 0.5) is 0 Å². The van der Waals surface area contributed by atoms with E-state index in [4.69, 9.17) is 5.73 Å². The molecule has 7 heteroatoms. The van der Waals surface area contributed by atoms with Crippen LogP contribution >= 0.6 is 0 Å². The van der Waals surface area contributed by atoms with Gasteiger partial charge in [0.1, 0.15) is 0 Å². The lowest BCUT2D eigenvalue weighted by atomic mass is 10.1. The molecule has 1 amide bonds. The maximum absolute atomic E-state index is 12.6. The van der Waals surface area contributed by atoms with Crippen LogP contribution in [0.2, 0.25) is 0 Å². The van der Waals surface area contributed by atoms with E-state index in [9.17, 15) is 13.2 Å². The van der Waals surface area contributed by atoms with Crippen molar-refractivity contribution in [3.05, 3.63) is 29.8 Å². The number of primary amides is 1. The van der Waals surface area contributed by atoms with Gasteiger partial charge in [0.15, 0.2) is 0 Å². The van der Waals surface area contributed by atoms with Crippen molar-refractivity contribution in [3.8, 4) is 0 Å². The Morgan fingerprint density at radius 3 is 2.76 bits per heavy atom. The highest BCUT2D eigenvalue weighted by Gasteiger charge is 2.35. The van der Waals surface area contributed by atoms with Crippen molar-refractivity contribution in [3.63, 3.8) is 0 Å². The summed E-state index contributed by atoms with van der Waals surface area (Å²) in [6.07, 6.45) is 0.487. The van der Waals surface area contributed by atoms with Crippen LogP contribution in [-0.4, -0.2) is 38.8 Å². The first-order valence-corrected chi connectivity index (χ1v) is 8.37. The third-order valence-electron chi connectivity index (χ3n) is 3.98. The normalized spacial score (nSPS) is 21.3. The zero-order chi connectivity index (χ0) is 15.6. The maximum Gasteiger partial charge on any atom is 0.243 e. The van der Waals surface area contributed by atoms with Crippen molar-refractivity contribution in [2.45, 2.75) is 24.3 Å². The van der Waals surface area contributed by atoms with Crippen molar-refractivity contribution in [1.82, 2.24) is 9.62 Å². The summed E-state index contributed by atoms with van der Waals surface area (Å²) in [5, 5.41) is 3.08. The minimum Gasteiger partial charge on any atom is -0.369 e. The van der Waals surface area contributed by atoms with Gasteiger partial charge in [-0.25, -0.2) is 8.42 Å². The number of nitrogens with two attached hydrogens (primary N) is 1. The number of amides is 1. The molecule has 3 N–H and O–H groups in total. The number of hydrogen-bond donors (Lipinski definition) is 2. The zero-order valence-corrected chi connectivity index (χ0v) is 13.1. The molecule has 2 unspecified atom stereocenters. The summed E-state index contributed by atoms with van der Waals surface area (Å²) in [5.74, 6) is -0.829. The van der Waals surface area contributed by atoms with Gasteiger partial charge in [0.2, 0.25) is 15.9 Å². The molecule has 0 aliphatic carbocycles. The Labute approximate surface area is 125 Å². The summed E-state index contributed by atoms with van der Waals surface area (Å²) in [5.41, 5.74) is 6.16. The van der Waals surface area contributed by atoms with Crippen LogP contribution in [0.3, 0.4) is 0 Å². The molecule has 1 heterocycles. The molecular weight excluding hydrogens is 290 g/mol. The van der Waals surface area contributed by atoms with E-state index in [0.29, 0.717) is 13.0 Å². The van der Waals surface area contributed by atoms with Crippen molar-refractivity contribution in [1.29, 1.82) is 0 Å². The van der Waals surface area contributed by atoms with Crippen LogP contribution < -0.4 is 11.1 Å². The molecule has 116 valence electrons. The van der Waals surface area contributed by atoms with Crippen molar-refractivity contribution >= 4 is 15.9 Å². The van der Waals surface area contributed by atoms with E-state index < -0.39 is 15.9 Å². The summed E-state index contributed by atoms with van der Waals surface area (Å²) in [6, 6.07) is 6.94. The molecule has 21 heavy (non-hydrogen) atoms. The van der Waals surface area contributed by atoms with Crippen molar-refractivity contribution < 1.29 is 13.2 Å². The van der Waals surface area contributed by atoms with Gasteiger partial charge in [-0.2, -0.15) is 4.31 Å². The third kappa shape index (κ3) is 3.25. The second-order valence-electron chi connectivity index (χ2n) is 5.33. The van der Waals surface area contributed by atoms with Gasteiger partial charge in [0.25, 0.3) is 0 Å². The Kier molecular flexibility index (Phi) is 4.65. The standard InChI is InChI=1S/C14H21N3O3S/c1-10(16-2)11-4-3-5-13(8-11)21(19,20)17-7-6-12(9-17)14(15)18/h3-5,8,10,12,16H,6-7,9H2,1-2H3,(H2,15,18). The van der Waals surface area contributed by atoms with Gasteiger partial charge < -0.3 is 11.1 Å². The average Bonchev–Trinajstić information content (AvgIpc) is 2.97. The van der Waals surface area contributed by atoms with Gasteiger partial charge in [-0.1, -0.05) is 12.1 Å². The fraction of sp³-hybridized carbons (Fsp3) is 0.500. The summed E-state index contributed by atoms with van der Waals surface area (Å²) in [6.45, 7) is 2.47. The lowest BCUT2D eigenvalue weighted by Gasteiger charge is -2.18. The van der Waals surface area contributed by atoms with Crippen molar-refractivity contribution in [2.24, 2.45) is 11.7 Å². The Bertz CT molecular complexity index is 630. The van der Waals surface area contributed by atoms with Gasteiger partial charge in [0.05, 0.1) is 10.8 Å². The first kappa shape index (κ1) is 15.9. The summed E-state index contributed by atoms with van der Waals surface area (Å²) in [7, 11) is -1.75. The Morgan fingerprint density at radius 2 is 2.19 bits per heavy atom. The number of carbonyl (C=O) groups is 1. The topological polar surface area (TPSA) is 92.5 Å². The van der Waals surface area contributed by atoms with Gasteiger partial charge >= 0.3 is 0 Å². The minimum atomic E-state index is -3.57. The molecule has 0 saturated carbocycles. The largest absolute Gasteiger partial charge is 0.369 e. The van der Waals surface area contributed by atoms with Crippen LogP contribution in [0.15, 0.2) is 29.2 Å². The van der Waals surface area contributed by atoms with E-state index in [-0.39, 0.29) is 23.4 Å². The first-order chi connectivity index (χ1) is 9.86. The molecule has 2 rings (SSSR count). The molecule has 1 aliphatic rings. The fourth-order valence-corrected chi connectivity index (χ4v) is 3.99. The van der Waals surface area contributed by atoms with E-state index in [1.165, 1.54) is 4.31 Å². The average molecular weight is 311 g/mol. The van der Waals surface area contributed by atoms with Crippen LogP contribution in [0, 0.1) is 5.92 Å². The monoisotopic (exact) mass is 311 g/mol. The number of carbonyl (C=O) groups excluding carboxylic acids is 1. The molecule has 1 aromatic rings. The quantitative estimate of drug-likeness (QED) is 0.826. The molecule has 0 spiro atoms. The smallest absolute Gasteiger partial charge is 0.243 e. The molecule has 6 nitrogen and oxygen atoms in total. The van der Waals surface area contributed by atoms with E-state index in [2.05, 4.69) is 5.32 Å². The summed E-state index contributed by atoms with van der Waals surface area (Å²) in [4.78, 5) is 11.4. The predicted molar refractivity (Wildman–Crippen MR) is 80.0 cm³/mol. The van der Waals surface area contributed by atoms with E-state index in [1.807, 2.05) is 20.0 Å². The number of nitrogens with zero attached hydrogens (tertiary/aromatic N) is 1. The number of hydrogen-bond acceptors (Lipinski definition) is 4. The van der Waals surface area contributed by atoms with Crippen molar-refractivity contribution in [2.75, 3.05) is 20.1 Å². The SMILES string of the molecule is CNC(C)c1cccc(S(=O)(=O)N2CCC(C(N)=O)C2)c1. The molecule has 1 saturated heterocycles. The molecule has 2 atom stereocenters. The molecule has 0 aromatic heterocycles. The number of nitrogens with one attached hydrogen (secondary N) is 1. The van der Waals surface area contributed by atoms with Gasteiger partial charge in [-0.3, -0.25) is 4.79 Å². The maximum atomic E-state index is 12.6.